The SMILES string of the molecule is C/C=C(\C)C[C@@H]1O[C@H](CO)[C@@H](OC2O[C@H](CO)[C@H](O)[C@H](O)[C@H]2O)[C@H](O)[C@H]1O. The molecule has 2 aliphatic heterocycles. The number of hydrogen-bond acceptors (Lipinski definition) is 10. The minimum Gasteiger partial charge on any atom is -0.394 e. The monoisotopic (exact) mass is 394 g/mol. The average molecular weight is 394 g/mol. The van der Waals surface area contributed by atoms with Gasteiger partial charge in [0.05, 0.1) is 19.3 Å². The Morgan fingerprint density at radius 3 is 1.96 bits per heavy atom. The highest BCUT2D eigenvalue weighted by molar-refractivity contribution is 5.03. The summed E-state index contributed by atoms with van der Waals surface area (Å²) in [4.78, 5) is 0. The molecule has 27 heavy (non-hydrogen) atoms. The molecule has 7 N–H and O–H groups in total. The molecule has 2 saturated heterocycles. The first-order valence-corrected chi connectivity index (χ1v) is 8.95. The number of aliphatic hydroxyl groups is 7. The fourth-order valence-corrected chi connectivity index (χ4v) is 3.27. The largest absolute Gasteiger partial charge is 0.394 e. The Morgan fingerprint density at radius 2 is 1.41 bits per heavy atom. The molecular formula is C17H30O10. The van der Waals surface area contributed by atoms with Crippen LogP contribution in [0.1, 0.15) is 20.3 Å². The topological polar surface area (TPSA) is 169 Å². The van der Waals surface area contributed by atoms with Crippen molar-refractivity contribution in [2.45, 2.75) is 81.5 Å². The van der Waals surface area contributed by atoms with Gasteiger partial charge in [-0.1, -0.05) is 11.6 Å². The van der Waals surface area contributed by atoms with Gasteiger partial charge >= 0.3 is 0 Å². The van der Waals surface area contributed by atoms with Crippen LogP contribution in [-0.2, 0) is 14.2 Å². The van der Waals surface area contributed by atoms with Crippen LogP contribution in [-0.4, -0.2) is 110 Å². The Morgan fingerprint density at radius 1 is 0.815 bits per heavy atom. The predicted octanol–water partition coefficient (Wildman–Crippen LogP) is -2.99. The van der Waals surface area contributed by atoms with Crippen LogP contribution in [0.15, 0.2) is 11.6 Å². The Kier molecular flexibility index (Phi) is 8.13. The maximum Gasteiger partial charge on any atom is 0.187 e. The summed E-state index contributed by atoms with van der Waals surface area (Å²) >= 11 is 0. The summed E-state index contributed by atoms with van der Waals surface area (Å²) < 4.78 is 16.4. The first-order valence-electron chi connectivity index (χ1n) is 8.95. The van der Waals surface area contributed by atoms with Crippen LogP contribution in [0.5, 0.6) is 0 Å². The number of allylic oxidation sites excluding steroid dienone is 1. The van der Waals surface area contributed by atoms with Gasteiger partial charge in [0.25, 0.3) is 0 Å². The van der Waals surface area contributed by atoms with Crippen molar-refractivity contribution in [3.05, 3.63) is 11.6 Å². The summed E-state index contributed by atoms with van der Waals surface area (Å²) in [5, 5.41) is 69.4. The van der Waals surface area contributed by atoms with E-state index in [-0.39, 0.29) is 0 Å². The van der Waals surface area contributed by atoms with E-state index in [0.717, 1.165) is 5.57 Å². The number of rotatable bonds is 6. The predicted molar refractivity (Wildman–Crippen MR) is 90.4 cm³/mol. The fourth-order valence-electron chi connectivity index (χ4n) is 3.27. The van der Waals surface area contributed by atoms with Crippen LogP contribution in [0.2, 0.25) is 0 Å². The summed E-state index contributed by atoms with van der Waals surface area (Å²) in [5.74, 6) is 0. The highest BCUT2D eigenvalue weighted by Crippen LogP contribution is 2.30. The molecule has 0 aromatic carbocycles. The first-order chi connectivity index (χ1) is 12.7. The van der Waals surface area contributed by atoms with Crippen molar-refractivity contribution in [3.63, 3.8) is 0 Å². The van der Waals surface area contributed by atoms with Gasteiger partial charge in [0.1, 0.15) is 48.8 Å². The fraction of sp³-hybridized carbons (Fsp3) is 0.882. The highest BCUT2D eigenvalue weighted by Gasteiger charge is 2.50. The lowest BCUT2D eigenvalue weighted by molar-refractivity contribution is -0.341. The smallest absolute Gasteiger partial charge is 0.187 e. The van der Waals surface area contributed by atoms with Crippen molar-refractivity contribution in [1.29, 1.82) is 0 Å². The maximum atomic E-state index is 10.5. The van der Waals surface area contributed by atoms with Gasteiger partial charge in [-0.05, 0) is 20.3 Å². The molecule has 0 aromatic rings. The van der Waals surface area contributed by atoms with E-state index in [1.54, 1.807) is 0 Å². The molecule has 0 aliphatic carbocycles. The van der Waals surface area contributed by atoms with E-state index < -0.39 is 74.4 Å². The van der Waals surface area contributed by atoms with Crippen molar-refractivity contribution in [2.75, 3.05) is 13.2 Å². The molecule has 0 saturated carbocycles. The van der Waals surface area contributed by atoms with Crippen LogP contribution < -0.4 is 0 Å². The third kappa shape index (κ3) is 4.85. The molecule has 10 nitrogen and oxygen atoms in total. The molecule has 2 heterocycles. The zero-order chi connectivity index (χ0) is 20.3. The van der Waals surface area contributed by atoms with Gasteiger partial charge in [-0.3, -0.25) is 0 Å². The summed E-state index contributed by atoms with van der Waals surface area (Å²) in [6.07, 6.45) is -11.2. The molecule has 0 bridgehead atoms. The molecular weight excluding hydrogens is 364 g/mol. The van der Waals surface area contributed by atoms with Gasteiger partial charge in [0, 0.05) is 0 Å². The minimum atomic E-state index is -1.67. The third-order valence-electron chi connectivity index (χ3n) is 5.12. The Balaban J connectivity index is 2.12. The second-order valence-corrected chi connectivity index (χ2v) is 7.01. The van der Waals surface area contributed by atoms with Gasteiger partial charge < -0.3 is 50.0 Å². The molecule has 1 unspecified atom stereocenters. The third-order valence-corrected chi connectivity index (χ3v) is 5.12. The molecule has 2 rings (SSSR count). The molecule has 10 atom stereocenters. The molecule has 0 spiro atoms. The van der Waals surface area contributed by atoms with Crippen molar-refractivity contribution < 1.29 is 50.0 Å². The van der Waals surface area contributed by atoms with Crippen LogP contribution in [0.25, 0.3) is 0 Å². The summed E-state index contributed by atoms with van der Waals surface area (Å²) in [5.41, 5.74) is 0.927. The van der Waals surface area contributed by atoms with E-state index in [4.69, 9.17) is 14.2 Å². The summed E-state index contributed by atoms with van der Waals surface area (Å²) in [6, 6.07) is 0. The normalized spacial score (nSPS) is 46.5. The lowest BCUT2D eigenvalue weighted by atomic mass is 9.91. The minimum absolute atomic E-state index is 0.345. The van der Waals surface area contributed by atoms with Crippen LogP contribution >= 0.6 is 0 Å². The standard InChI is InChI=1S/C17H30O10/c1-3-7(2)4-8-11(20)14(23)16(10(6-19)25-8)27-17-15(24)13(22)12(21)9(5-18)26-17/h3,8-24H,4-6H2,1-2H3/b7-3+/t8-,9+,10+,11-,12-,13-,14+,15+,16+,17?/m0/s1. The molecule has 0 amide bonds. The first kappa shape index (κ1) is 22.6. The van der Waals surface area contributed by atoms with E-state index in [2.05, 4.69) is 0 Å². The second-order valence-electron chi connectivity index (χ2n) is 7.01. The lowest BCUT2D eigenvalue weighted by Crippen LogP contribution is -2.64. The number of ether oxygens (including phenoxy) is 3. The lowest BCUT2D eigenvalue weighted by Gasteiger charge is -2.46. The molecule has 2 aliphatic rings. The van der Waals surface area contributed by atoms with Crippen molar-refractivity contribution in [1.82, 2.24) is 0 Å². The molecule has 0 radical (unpaired) electrons. The Bertz CT molecular complexity index is 496. The van der Waals surface area contributed by atoms with Gasteiger partial charge in [0.2, 0.25) is 0 Å². The Labute approximate surface area is 157 Å². The van der Waals surface area contributed by atoms with Crippen molar-refractivity contribution in [2.24, 2.45) is 0 Å². The van der Waals surface area contributed by atoms with Gasteiger partial charge in [-0.15, -0.1) is 0 Å². The van der Waals surface area contributed by atoms with E-state index >= 15 is 0 Å². The molecule has 0 aromatic heterocycles. The van der Waals surface area contributed by atoms with Crippen LogP contribution in [0.4, 0.5) is 0 Å². The number of aliphatic hydroxyl groups excluding tert-OH is 7. The van der Waals surface area contributed by atoms with E-state index in [0.29, 0.717) is 6.42 Å². The molecule has 10 heteroatoms. The number of hydrogen-bond donors (Lipinski definition) is 7. The van der Waals surface area contributed by atoms with E-state index in [9.17, 15) is 35.7 Å². The summed E-state index contributed by atoms with van der Waals surface area (Å²) in [6.45, 7) is 2.50. The van der Waals surface area contributed by atoms with Crippen LogP contribution in [0.3, 0.4) is 0 Å². The molecule has 2 fully saturated rings. The quantitative estimate of drug-likeness (QED) is 0.231. The van der Waals surface area contributed by atoms with E-state index in [1.807, 2.05) is 19.9 Å². The maximum absolute atomic E-state index is 10.5. The van der Waals surface area contributed by atoms with Crippen molar-refractivity contribution >= 4 is 0 Å². The van der Waals surface area contributed by atoms with Crippen molar-refractivity contribution in [3.8, 4) is 0 Å². The zero-order valence-electron chi connectivity index (χ0n) is 15.3. The zero-order valence-corrected chi connectivity index (χ0v) is 15.3. The second kappa shape index (κ2) is 9.70. The average Bonchev–Trinajstić information content (AvgIpc) is 2.67. The highest BCUT2D eigenvalue weighted by atomic mass is 16.7. The van der Waals surface area contributed by atoms with Gasteiger partial charge in [0.15, 0.2) is 6.29 Å². The van der Waals surface area contributed by atoms with E-state index in [1.165, 1.54) is 0 Å². The Hall–Kier alpha value is -0.660. The molecule has 158 valence electrons. The summed E-state index contributed by atoms with van der Waals surface area (Å²) in [7, 11) is 0. The van der Waals surface area contributed by atoms with Crippen LogP contribution in [0, 0.1) is 0 Å². The van der Waals surface area contributed by atoms with Gasteiger partial charge in [-0.2, -0.15) is 0 Å². The van der Waals surface area contributed by atoms with Gasteiger partial charge in [-0.25, -0.2) is 0 Å².